The van der Waals surface area contributed by atoms with Crippen LogP contribution in [0.15, 0.2) is 42.6 Å². The number of ether oxygens (including phenoxy) is 1. The van der Waals surface area contributed by atoms with Gasteiger partial charge in [-0.05, 0) is 37.6 Å². The second-order valence-corrected chi connectivity index (χ2v) is 11.6. The highest BCUT2D eigenvalue weighted by Crippen LogP contribution is 2.44. The molecule has 0 radical (unpaired) electrons. The number of alkyl halides is 4. The van der Waals surface area contributed by atoms with Gasteiger partial charge in [0.25, 0.3) is 5.91 Å². The molecule has 1 aliphatic rings. The average molecular weight is 539 g/mol. The lowest BCUT2D eigenvalue weighted by atomic mass is 10.0. The molecule has 0 bridgehead atoms. The Labute approximate surface area is 208 Å². The summed E-state index contributed by atoms with van der Waals surface area (Å²) in [6.07, 6.45) is -5.81. The molecule has 0 saturated heterocycles. The minimum absolute atomic E-state index is 0.00231. The predicted octanol–water partition coefficient (Wildman–Crippen LogP) is 4.92. The van der Waals surface area contributed by atoms with Gasteiger partial charge < -0.3 is 19.9 Å². The Balaban J connectivity index is 1.74. The topological polar surface area (TPSA) is 114 Å². The van der Waals surface area contributed by atoms with Crippen molar-refractivity contribution < 1.29 is 36.5 Å². The van der Waals surface area contributed by atoms with Crippen LogP contribution in [0.1, 0.15) is 27.7 Å². The number of hydroxylamine groups is 1. The van der Waals surface area contributed by atoms with E-state index in [0.29, 0.717) is 11.5 Å². The molecule has 2 aromatic carbocycles. The van der Waals surface area contributed by atoms with Gasteiger partial charge in [-0.3, -0.25) is 9.63 Å². The number of rotatable bonds is 7. The Morgan fingerprint density at radius 3 is 2.54 bits per heavy atom. The standard InChI is InChI=1S/C23H22F4N5O4P/c1-35-32-21(33)12-8-9-16(19-18(12)14(24)11-36-19)30-22-28-10-13(23(25,26)27)20(31-22)29-15-6-4-5-7-17(15)37(2,3)34/h4-10,14H,11H2,1-3H3,(H,32,33)(H2,28,29,30,31). The third kappa shape index (κ3) is 5.52. The summed E-state index contributed by atoms with van der Waals surface area (Å²) >= 11 is 0. The molecule has 1 aliphatic heterocycles. The molecule has 14 heteroatoms. The maximum Gasteiger partial charge on any atom is 0.421 e. The first-order valence-corrected chi connectivity index (χ1v) is 13.4. The van der Waals surface area contributed by atoms with Crippen molar-refractivity contribution in [1.29, 1.82) is 0 Å². The molecular weight excluding hydrogens is 517 g/mol. The van der Waals surface area contributed by atoms with Crippen LogP contribution < -0.4 is 26.2 Å². The zero-order valence-electron chi connectivity index (χ0n) is 19.8. The highest BCUT2D eigenvalue weighted by molar-refractivity contribution is 7.70. The highest BCUT2D eigenvalue weighted by Gasteiger charge is 2.36. The van der Waals surface area contributed by atoms with Crippen LogP contribution in [0.25, 0.3) is 0 Å². The molecule has 1 amide bonds. The molecule has 2 heterocycles. The molecule has 0 aliphatic carbocycles. The highest BCUT2D eigenvalue weighted by atomic mass is 31.2. The van der Waals surface area contributed by atoms with E-state index < -0.39 is 36.8 Å². The van der Waals surface area contributed by atoms with Gasteiger partial charge in [-0.25, -0.2) is 14.9 Å². The van der Waals surface area contributed by atoms with Crippen LogP contribution in [0.2, 0.25) is 0 Å². The second-order valence-electron chi connectivity index (χ2n) is 8.39. The Morgan fingerprint density at radius 2 is 1.86 bits per heavy atom. The molecule has 196 valence electrons. The zero-order valence-corrected chi connectivity index (χ0v) is 20.7. The number of fused-ring (bicyclic) bond motifs is 1. The van der Waals surface area contributed by atoms with E-state index in [0.717, 1.165) is 0 Å². The number of nitrogens with zero attached hydrogens (tertiary/aromatic N) is 2. The van der Waals surface area contributed by atoms with Crippen molar-refractivity contribution in [3.05, 3.63) is 59.3 Å². The zero-order chi connectivity index (χ0) is 27.0. The molecule has 3 N–H and O–H groups in total. The van der Waals surface area contributed by atoms with Crippen molar-refractivity contribution in [3.8, 4) is 5.75 Å². The van der Waals surface area contributed by atoms with E-state index >= 15 is 0 Å². The Hall–Kier alpha value is -3.70. The van der Waals surface area contributed by atoms with Crippen molar-refractivity contribution >= 4 is 41.5 Å². The first-order valence-electron chi connectivity index (χ1n) is 10.8. The fourth-order valence-electron chi connectivity index (χ4n) is 3.79. The Bertz CT molecular complexity index is 1400. The summed E-state index contributed by atoms with van der Waals surface area (Å²) in [5.41, 5.74) is 1.23. The van der Waals surface area contributed by atoms with Gasteiger partial charge in [0.2, 0.25) is 5.95 Å². The molecule has 0 fully saturated rings. The number of aromatic nitrogens is 2. The largest absolute Gasteiger partial charge is 0.488 e. The predicted molar refractivity (Wildman–Crippen MR) is 129 cm³/mol. The van der Waals surface area contributed by atoms with E-state index in [-0.39, 0.29) is 40.8 Å². The summed E-state index contributed by atoms with van der Waals surface area (Å²) in [7, 11) is -1.62. The number of halogens is 4. The molecular formula is C23H22F4N5O4P. The minimum Gasteiger partial charge on any atom is -0.488 e. The van der Waals surface area contributed by atoms with Crippen LogP contribution in [-0.2, 0) is 15.6 Å². The van der Waals surface area contributed by atoms with Crippen molar-refractivity contribution in [2.45, 2.75) is 12.3 Å². The fourth-order valence-corrected chi connectivity index (χ4v) is 4.95. The lowest BCUT2D eigenvalue weighted by Crippen LogP contribution is -2.23. The smallest absolute Gasteiger partial charge is 0.421 e. The number of carbonyl (C=O) groups is 1. The summed E-state index contributed by atoms with van der Waals surface area (Å²) in [5.74, 6) is -1.54. The maximum absolute atomic E-state index is 14.6. The molecule has 3 aromatic rings. The molecule has 37 heavy (non-hydrogen) atoms. The summed E-state index contributed by atoms with van der Waals surface area (Å²) < 4.78 is 73.9. The Kier molecular flexibility index (Phi) is 7.11. The normalized spacial score (nSPS) is 15.1. The lowest BCUT2D eigenvalue weighted by Gasteiger charge is -2.18. The monoisotopic (exact) mass is 539 g/mol. The Morgan fingerprint density at radius 1 is 1.14 bits per heavy atom. The number of amides is 1. The van der Waals surface area contributed by atoms with E-state index in [1.807, 2.05) is 0 Å². The molecule has 1 unspecified atom stereocenters. The fraction of sp³-hybridized carbons (Fsp3) is 0.261. The van der Waals surface area contributed by atoms with Crippen LogP contribution in [0, 0.1) is 0 Å². The van der Waals surface area contributed by atoms with Gasteiger partial charge in [0.05, 0.1) is 24.0 Å². The summed E-state index contributed by atoms with van der Waals surface area (Å²) in [5, 5.41) is 5.72. The first-order chi connectivity index (χ1) is 17.4. The third-order valence-electron chi connectivity index (χ3n) is 5.40. The number of nitrogens with one attached hydrogen (secondary N) is 3. The molecule has 1 aromatic heterocycles. The number of carbonyl (C=O) groups excluding carboxylic acids is 1. The van der Waals surface area contributed by atoms with Gasteiger partial charge in [-0.15, -0.1) is 0 Å². The molecule has 9 nitrogen and oxygen atoms in total. The van der Waals surface area contributed by atoms with Gasteiger partial charge in [-0.2, -0.15) is 18.2 Å². The molecule has 4 rings (SSSR count). The van der Waals surface area contributed by atoms with E-state index in [4.69, 9.17) is 4.74 Å². The van der Waals surface area contributed by atoms with Crippen molar-refractivity contribution in [2.24, 2.45) is 0 Å². The van der Waals surface area contributed by atoms with Gasteiger partial charge in [-0.1, -0.05) is 12.1 Å². The van der Waals surface area contributed by atoms with E-state index in [1.54, 1.807) is 18.2 Å². The molecule has 0 spiro atoms. The van der Waals surface area contributed by atoms with Crippen LogP contribution in [0.5, 0.6) is 5.75 Å². The van der Waals surface area contributed by atoms with Gasteiger partial charge in [0, 0.05) is 17.1 Å². The van der Waals surface area contributed by atoms with E-state index in [1.165, 1.54) is 38.6 Å². The quantitative estimate of drug-likeness (QED) is 0.220. The summed E-state index contributed by atoms with van der Waals surface area (Å²) in [4.78, 5) is 24.6. The summed E-state index contributed by atoms with van der Waals surface area (Å²) in [6.45, 7) is 2.65. The number of benzene rings is 2. The second kappa shape index (κ2) is 9.98. The minimum atomic E-state index is -4.79. The number of hydrogen-bond acceptors (Lipinski definition) is 8. The van der Waals surface area contributed by atoms with Crippen molar-refractivity contribution in [2.75, 3.05) is 37.7 Å². The van der Waals surface area contributed by atoms with Crippen LogP contribution in [-0.4, -0.2) is 42.9 Å². The van der Waals surface area contributed by atoms with E-state index in [2.05, 4.69) is 30.9 Å². The van der Waals surface area contributed by atoms with Gasteiger partial charge in [0.15, 0.2) is 6.17 Å². The maximum atomic E-state index is 14.6. The van der Waals surface area contributed by atoms with Gasteiger partial charge >= 0.3 is 6.18 Å². The number of hydrogen-bond donors (Lipinski definition) is 3. The third-order valence-corrected chi connectivity index (χ3v) is 6.95. The van der Waals surface area contributed by atoms with Crippen molar-refractivity contribution in [1.82, 2.24) is 15.4 Å². The van der Waals surface area contributed by atoms with Crippen molar-refractivity contribution in [3.63, 3.8) is 0 Å². The lowest BCUT2D eigenvalue weighted by molar-refractivity contribution is -0.137. The first kappa shape index (κ1) is 26.4. The number of anilines is 4. The summed E-state index contributed by atoms with van der Waals surface area (Å²) in [6, 6.07) is 8.98. The average Bonchev–Trinajstić information content (AvgIpc) is 3.20. The molecule has 0 saturated carbocycles. The van der Waals surface area contributed by atoms with Crippen LogP contribution in [0.4, 0.5) is 40.7 Å². The SMILES string of the molecule is CONC(=O)c1ccc(Nc2ncc(C(F)(F)F)c(Nc3ccccc3P(C)(C)=O)n2)c2c1C(F)CO2. The van der Waals surface area contributed by atoms with Crippen LogP contribution in [0.3, 0.4) is 0 Å². The van der Waals surface area contributed by atoms with Crippen LogP contribution >= 0.6 is 7.14 Å². The number of para-hydroxylation sites is 1. The van der Waals surface area contributed by atoms with Gasteiger partial charge in [0.1, 0.15) is 30.9 Å². The van der Waals surface area contributed by atoms with E-state index in [9.17, 15) is 26.9 Å². The molecule has 1 atom stereocenters.